The van der Waals surface area contributed by atoms with Crippen LogP contribution < -0.4 is 10.6 Å². The molecule has 3 fully saturated rings. The summed E-state index contributed by atoms with van der Waals surface area (Å²) in [5, 5.41) is 6.48. The molecule has 0 spiro atoms. The number of morpholine rings is 1. The van der Waals surface area contributed by atoms with Gasteiger partial charge in [0.1, 0.15) is 6.04 Å². The van der Waals surface area contributed by atoms with Crippen molar-refractivity contribution in [3.05, 3.63) is 0 Å². The van der Waals surface area contributed by atoms with Crippen molar-refractivity contribution < 1.29 is 9.53 Å². The van der Waals surface area contributed by atoms with Gasteiger partial charge in [-0.2, -0.15) is 0 Å². The van der Waals surface area contributed by atoms with E-state index in [1.54, 1.807) is 0 Å². The van der Waals surface area contributed by atoms with Crippen LogP contribution in [-0.4, -0.2) is 61.3 Å². The molecule has 0 aliphatic carbocycles. The number of carbonyl (C=O) groups excluding carboxylic acids is 1. The zero-order chi connectivity index (χ0) is 13.2. The SMILES string of the molecule is C[C@H]1OCCN[C@@H]1C(=O)NC1CCN2CCCC2C1. The fourth-order valence-electron chi connectivity index (χ4n) is 3.67. The molecule has 0 radical (unpaired) electrons. The number of piperidine rings is 1. The zero-order valence-electron chi connectivity index (χ0n) is 11.7. The van der Waals surface area contributed by atoms with Gasteiger partial charge in [0.25, 0.3) is 0 Å². The first-order valence-corrected chi connectivity index (χ1v) is 7.63. The Bertz CT molecular complexity index is 337. The topological polar surface area (TPSA) is 53.6 Å². The Labute approximate surface area is 115 Å². The first-order chi connectivity index (χ1) is 9.24. The van der Waals surface area contributed by atoms with Crippen molar-refractivity contribution >= 4 is 5.91 Å². The number of nitrogens with zero attached hydrogens (tertiary/aromatic N) is 1. The number of ether oxygens (including phenoxy) is 1. The van der Waals surface area contributed by atoms with E-state index in [4.69, 9.17) is 4.74 Å². The second kappa shape index (κ2) is 5.77. The maximum Gasteiger partial charge on any atom is 0.240 e. The fraction of sp³-hybridized carbons (Fsp3) is 0.929. The van der Waals surface area contributed by atoms with Gasteiger partial charge in [-0.15, -0.1) is 0 Å². The van der Waals surface area contributed by atoms with E-state index in [0.717, 1.165) is 25.9 Å². The smallest absolute Gasteiger partial charge is 0.240 e. The maximum absolute atomic E-state index is 12.3. The number of hydrogen-bond acceptors (Lipinski definition) is 4. The van der Waals surface area contributed by atoms with Crippen LogP contribution in [0.2, 0.25) is 0 Å². The van der Waals surface area contributed by atoms with Crippen LogP contribution in [0.15, 0.2) is 0 Å². The number of rotatable bonds is 2. The molecule has 3 aliphatic rings. The monoisotopic (exact) mass is 267 g/mol. The Morgan fingerprint density at radius 3 is 3.11 bits per heavy atom. The van der Waals surface area contributed by atoms with Crippen LogP contribution in [0.1, 0.15) is 32.6 Å². The molecule has 0 aromatic carbocycles. The highest BCUT2D eigenvalue weighted by atomic mass is 16.5. The molecule has 0 saturated carbocycles. The van der Waals surface area contributed by atoms with Crippen LogP contribution >= 0.6 is 0 Å². The molecule has 3 aliphatic heterocycles. The van der Waals surface area contributed by atoms with Crippen molar-refractivity contribution in [1.29, 1.82) is 0 Å². The predicted octanol–water partition coefficient (Wildman–Crippen LogP) is 0.106. The molecule has 4 atom stereocenters. The lowest BCUT2D eigenvalue weighted by Gasteiger charge is -2.37. The van der Waals surface area contributed by atoms with Gasteiger partial charge in [0.05, 0.1) is 12.7 Å². The average Bonchev–Trinajstić information content (AvgIpc) is 2.86. The average molecular weight is 267 g/mol. The van der Waals surface area contributed by atoms with Crippen LogP contribution in [-0.2, 0) is 9.53 Å². The number of hydrogen-bond donors (Lipinski definition) is 2. The Balaban J connectivity index is 1.51. The Morgan fingerprint density at radius 2 is 2.26 bits per heavy atom. The van der Waals surface area contributed by atoms with Crippen molar-refractivity contribution in [1.82, 2.24) is 15.5 Å². The molecule has 1 amide bonds. The summed E-state index contributed by atoms with van der Waals surface area (Å²) in [4.78, 5) is 14.9. The summed E-state index contributed by atoms with van der Waals surface area (Å²) in [5.74, 6) is 0.114. The molecule has 2 unspecified atom stereocenters. The quantitative estimate of drug-likeness (QED) is 0.745. The molecule has 0 bridgehead atoms. The Morgan fingerprint density at radius 1 is 1.37 bits per heavy atom. The minimum atomic E-state index is -0.185. The summed E-state index contributed by atoms with van der Waals surface area (Å²) in [7, 11) is 0. The minimum absolute atomic E-state index is 0.0275. The van der Waals surface area contributed by atoms with Gasteiger partial charge in [0, 0.05) is 25.2 Å². The van der Waals surface area contributed by atoms with Crippen LogP contribution in [0.25, 0.3) is 0 Å². The van der Waals surface area contributed by atoms with Crippen molar-refractivity contribution in [2.75, 3.05) is 26.2 Å². The van der Waals surface area contributed by atoms with Crippen molar-refractivity contribution in [3.8, 4) is 0 Å². The minimum Gasteiger partial charge on any atom is -0.375 e. The molecule has 0 aromatic rings. The van der Waals surface area contributed by atoms with Gasteiger partial charge in [-0.05, 0) is 39.2 Å². The highest BCUT2D eigenvalue weighted by Crippen LogP contribution is 2.26. The third-order valence-corrected chi connectivity index (χ3v) is 4.77. The highest BCUT2D eigenvalue weighted by molar-refractivity contribution is 5.82. The van der Waals surface area contributed by atoms with Gasteiger partial charge < -0.3 is 20.3 Å². The maximum atomic E-state index is 12.3. The largest absolute Gasteiger partial charge is 0.375 e. The predicted molar refractivity (Wildman–Crippen MR) is 73.0 cm³/mol. The van der Waals surface area contributed by atoms with Gasteiger partial charge in [-0.25, -0.2) is 0 Å². The number of amides is 1. The van der Waals surface area contributed by atoms with Crippen molar-refractivity contribution in [2.45, 2.75) is 56.8 Å². The van der Waals surface area contributed by atoms with E-state index in [-0.39, 0.29) is 18.1 Å². The summed E-state index contributed by atoms with van der Waals surface area (Å²) >= 11 is 0. The number of carbonyl (C=O) groups is 1. The molecule has 3 rings (SSSR count). The molecule has 3 heterocycles. The first kappa shape index (κ1) is 13.3. The van der Waals surface area contributed by atoms with E-state index in [9.17, 15) is 4.79 Å². The zero-order valence-corrected chi connectivity index (χ0v) is 11.7. The summed E-state index contributed by atoms with van der Waals surface area (Å²) in [6.07, 6.45) is 4.80. The second-order valence-electron chi connectivity index (χ2n) is 6.07. The van der Waals surface area contributed by atoms with E-state index in [2.05, 4.69) is 15.5 Å². The lowest BCUT2D eigenvalue weighted by molar-refractivity contribution is -0.130. The molecular weight excluding hydrogens is 242 g/mol. The third kappa shape index (κ3) is 2.93. The van der Waals surface area contributed by atoms with Gasteiger partial charge in [0.15, 0.2) is 0 Å². The van der Waals surface area contributed by atoms with Gasteiger partial charge in [-0.3, -0.25) is 4.79 Å². The van der Waals surface area contributed by atoms with E-state index in [0.29, 0.717) is 18.7 Å². The van der Waals surface area contributed by atoms with E-state index < -0.39 is 0 Å². The highest BCUT2D eigenvalue weighted by Gasteiger charge is 2.34. The van der Waals surface area contributed by atoms with E-state index in [1.165, 1.54) is 19.4 Å². The summed E-state index contributed by atoms with van der Waals surface area (Å²) in [6.45, 7) is 5.82. The standard InChI is InChI=1S/C14H25N3O2/c1-10-13(15-5-8-19-10)14(18)16-11-4-7-17-6-2-3-12(17)9-11/h10-13,15H,2-9H2,1H3,(H,16,18)/t10-,11?,12?,13+/m1/s1. The fourth-order valence-corrected chi connectivity index (χ4v) is 3.67. The van der Waals surface area contributed by atoms with Gasteiger partial charge >= 0.3 is 0 Å². The molecule has 19 heavy (non-hydrogen) atoms. The second-order valence-corrected chi connectivity index (χ2v) is 6.07. The molecule has 108 valence electrons. The Hall–Kier alpha value is -0.650. The molecular formula is C14H25N3O2. The molecule has 5 nitrogen and oxygen atoms in total. The Kier molecular flexibility index (Phi) is 4.05. The molecule has 5 heteroatoms. The van der Waals surface area contributed by atoms with E-state index >= 15 is 0 Å². The van der Waals surface area contributed by atoms with Crippen molar-refractivity contribution in [2.24, 2.45) is 0 Å². The van der Waals surface area contributed by atoms with Gasteiger partial charge in [-0.1, -0.05) is 0 Å². The molecule has 3 saturated heterocycles. The van der Waals surface area contributed by atoms with Crippen LogP contribution in [0.3, 0.4) is 0 Å². The van der Waals surface area contributed by atoms with Gasteiger partial charge in [0.2, 0.25) is 5.91 Å². The first-order valence-electron chi connectivity index (χ1n) is 7.63. The van der Waals surface area contributed by atoms with Crippen LogP contribution in [0.5, 0.6) is 0 Å². The lowest BCUT2D eigenvalue weighted by Crippen LogP contribution is -2.58. The number of fused-ring (bicyclic) bond motifs is 1. The van der Waals surface area contributed by atoms with Crippen molar-refractivity contribution in [3.63, 3.8) is 0 Å². The molecule has 2 N–H and O–H groups in total. The van der Waals surface area contributed by atoms with Crippen LogP contribution in [0.4, 0.5) is 0 Å². The summed E-state index contributed by atoms with van der Waals surface area (Å²) < 4.78 is 5.54. The summed E-state index contributed by atoms with van der Waals surface area (Å²) in [5.41, 5.74) is 0. The third-order valence-electron chi connectivity index (χ3n) is 4.77. The van der Waals surface area contributed by atoms with E-state index in [1.807, 2.05) is 6.92 Å². The lowest BCUT2D eigenvalue weighted by atomic mass is 9.97. The van der Waals surface area contributed by atoms with Crippen LogP contribution in [0, 0.1) is 0 Å². The number of nitrogens with one attached hydrogen (secondary N) is 2. The summed E-state index contributed by atoms with van der Waals surface area (Å²) in [6, 6.07) is 0.866. The molecule has 0 aromatic heterocycles. The normalized spacial score (nSPS) is 39.8.